The Hall–Kier alpha value is -0.560. The van der Waals surface area contributed by atoms with E-state index < -0.39 is 0 Å². The van der Waals surface area contributed by atoms with Crippen LogP contribution in [0.2, 0.25) is 0 Å². The molecular weight excluding hydrogens is 112 g/mol. The summed E-state index contributed by atoms with van der Waals surface area (Å²) < 4.78 is 0. The maximum Gasteiger partial charge on any atom is 0.0757 e. The van der Waals surface area contributed by atoms with E-state index >= 15 is 0 Å². The van der Waals surface area contributed by atoms with Crippen molar-refractivity contribution in [2.24, 2.45) is 11.8 Å². The van der Waals surface area contributed by atoms with Gasteiger partial charge in [0, 0.05) is 0 Å². The van der Waals surface area contributed by atoms with Crippen LogP contribution < -0.4 is 0 Å². The molecule has 9 heavy (non-hydrogen) atoms. The Balaban J connectivity index is 2.17. The summed E-state index contributed by atoms with van der Waals surface area (Å²) in [5, 5.41) is 9.27. The molecule has 2 rings (SSSR count). The summed E-state index contributed by atoms with van der Waals surface area (Å²) in [5.74, 6) is 1.22. The fraction of sp³-hybridized carbons (Fsp3) is 0.500. The minimum Gasteiger partial charge on any atom is -0.389 e. The zero-order valence-electron chi connectivity index (χ0n) is 5.20. The van der Waals surface area contributed by atoms with Crippen molar-refractivity contribution in [1.29, 1.82) is 0 Å². The Kier molecular flexibility index (Phi) is 0.995. The lowest BCUT2D eigenvalue weighted by Crippen LogP contribution is -2.04. The van der Waals surface area contributed by atoms with Crippen LogP contribution in [0.1, 0.15) is 6.42 Å². The van der Waals surface area contributed by atoms with Crippen LogP contribution in [0.15, 0.2) is 24.3 Å². The molecule has 1 saturated carbocycles. The molecule has 2 aliphatic carbocycles. The van der Waals surface area contributed by atoms with Gasteiger partial charge in [0.25, 0.3) is 0 Å². The molecule has 0 heterocycles. The first-order valence-corrected chi connectivity index (χ1v) is 3.41. The summed E-state index contributed by atoms with van der Waals surface area (Å²) in [6.45, 7) is 0. The Morgan fingerprint density at radius 3 is 2.89 bits per heavy atom. The van der Waals surface area contributed by atoms with E-state index in [2.05, 4.69) is 6.08 Å². The molecular formula is C8H10O. The fourth-order valence-corrected chi connectivity index (χ4v) is 1.38. The Labute approximate surface area is 54.7 Å². The van der Waals surface area contributed by atoms with Crippen LogP contribution in [0, 0.1) is 11.8 Å². The van der Waals surface area contributed by atoms with Crippen LogP contribution in [0.3, 0.4) is 0 Å². The summed E-state index contributed by atoms with van der Waals surface area (Å²) >= 11 is 0. The molecule has 1 nitrogen and oxygen atoms in total. The summed E-state index contributed by atoms with van der Waals surface area (Å²) in [7, 11) is 0. The van der Waals surface area contributed by atoms with Gasteiger partial charge in [0.05, 0.1) is 6.10 Å². The molecule has 1 fully saturated rings. The van der Waals surface area contributed by atoms with Gasteiger partial charge in [-0.25, -0.2) is 0 Å². The van der Waals surface area contributed by atoms with E-state index in [0.29, 0.717) is 11.8 Å². The van der Waals surface area contributed by atoms with Crippen molar-refractivity contribution >= 4 is 0 Å². The zero-order valence-corrected chi connectivity index (χ0v) is 5.20. The Morgan fingerprint density at radius 2 is 2.00 bits per heavy atom. The first-order chi connectivity index (χ1) is 4.38. The van der Waals surface area contributed by atoms with Crippen LogP contribution in [-0.4, -0.2) is 11.2 Å². The van der Waals surface area contributed by atoms with E-state index in [-0.39, 0.29) is 6.10 Å². The highest BCUT2D eigenvalue weighted by molar-refractivity contribution is 5.18. The monoisotopic (exact) mass is 122 g/mol. The van der Waals surface area contributed by atoms with Gasteiger partial charge < -0.3 is 5.11 Å². The molecule has 0 aromatic carbocycles. The van der Waals surface area contributed by atoms with Crippen molar-refractivity contribution in [2.75, 3.05) is 0 Å². The lowest BCUT2D eigenvalue weighted by molar-refractivity contribution is 0.196. The molecule has 0 bridgehead atoms. The van der Waals surface area contributed by atoms with Gasteiger partial charge in [-0.2, -0.15) is 0 Å². The molecule has 0 aliphatic heterocycles. The van der Waals surface area contributed by atoms with Crippen LogP contribution in [0.5, 0.6) is 0 Å². The van der Waals surface area contributed by atoms with Crippen molar-refractivity contribution in [3.63, 3.8) is 0 Å². The van der Waals surface area contributed by atoms with Crippen molar-refractivity contribution in [3.8, 4) is 0 Å². The Bertz CT molecular complexity index is 169. The van der Waals surface area contributed by atoms with E-state index in [9.17, 15) is 5.11 Å². The van der Waals surface area contributed by atoms with Gasteiger partial charge in [-0.05, 0) is 18.3 Å². The molecule has 1 N–H and O–H groups in total. The predicted molar refractivity (Wildman–Crippen MR) is 35.9 cm³/mol. The van der Waals surface area contributed by atoms with E-state index in [1.807, 2.05) is 18.2 Å². The topological polar surface area (TPSA) is 20.2 Å². The fourth-order valence-electron chi connectivity index (χ4n) is 1.38. The Morgan fingerprint density at radius 1 is 1.22 bits per heavy atom. The van der Waals surface area contributed by atoms with E-state index in [0.717, 1.165) is 0 Å². The molecule has 3 atom stereocenters. The van der Waals surface area contributed by atoms with Gasteiger partial charge in [-0.15, -0.1) is 0 Å². The van der Waals surface area contributed by atoms with Crippen LogP contribution in [-0.2, 0) is 0 Å². The number of hydrogen-bond donors (Lipinski definition) is 1. The number of aliphatic hydroxyl groups is 1. The average Bonchev–Trinajstić information content (AvgIpc) is 2.55. The van der Waals surface area contributed by atoms with Crippen LogP contribution >= 0.6 is 0 Å². The third-order valence-corrected chi connectivity index (χ3v) is 2.11. The normalized spacial score (nSPS) is 46.1. The second-order valence-corrected chi connectivity index (χ2v) is 2.82. The van der Waals surface area contributed by atoms with Crippen molar-refractivity contribution < 1.29 is 5.11 Å². The van der Waals surface area contributed by atoms with Gasteiger partial charge in [0.15, 0.2) is 0 Å². The molecule has 0 amide bonds. The lowest BCUT2D eigenvalue weighted by Gasteiger charge is -1.98. The SMILES string of the molecule is O[C@@H]1C=CC=C[C@H]2C[C@@H]12. The van der Waals surface area contributed by atoms with Gasteiger partial charge in [-0.3, -0.25) is 0 Å². The molecule has 1 heteroatoms. The number of hydrogen-bond acceptors (Lipinski definition) is 1. The van der Waals surface area contributed by atoms with Crippen molar-refractivity contribution in [1.82, 2.24) is 0 Å². The van der Waals surface area contributed by atoms with Crippen LogP contribution in [0.25, 0.3) is 0 Å². The predicted octanol–water partition coefficient (Wildman–Crippen LogP) is 1.11. The number of aliphatic hydroxyl groups excluding tert-OH is 1. The second-order valence-electron chi connectivity index (χ2n) is 2.82. The first-order valence-electron chi connectivity index (χ1n) is 3.41. The summed E-state index contributed by atoms with van der Waals surface area (Å²) in [6, 6.07) is 0. The van der Waals surface area contributed by atoms with E-state index in [4.69, 9.17) is 0 Å². The average molecular weight is 122 g/mol. The molecule has 0 saturated heterocycles. The van der Waals surface area contributed by atoms with Crippen molar-refractivity contribution in [3.05, 3.63) is 24.3 Å². The smallest absolute Gasteiger partial charge is 0.0757 e. The summed E-state index contributed by atoms with van der Waals surface area (Å²) in [6.07, 6.45) is 9.01. The number of rotatable bonds is 0. The van der Waals surface area contributed by atoms with Gasteiger partial charge in [-0.1, -0.05) is 24.3 Å². The second kappa shape index (κ2) is 1.71. The quantitative estimate of drug-likeness (QED) is 0.510. The largest absolute Gasteiger partial charge is 0.389 e. The molecule has 2 aliphatic rings. The summed E-state index contributed by atoms with van der Waals surface area (Å²) in [5.41, 5.74) is 0. The van der Waals surface area contributed by atoms with Gasteiger partial charge in [0.2, 0.25) is 0 Å². The maximum atomic E-state index is 9.27. The molecule has 0 spiro atoms. The highest BCUT2D eigenvalue weighted by Crippen LogP contribution is 2.43. The molecule has 48 valence electrons. The third-order valence-electron chi connectivity index (χ3n) is 2.11. The standard InChI is InChI=1S/C8H10O/c9-8-4-2-1-3-6-5-7(6)8/h1-4,6-9H,5H2/t6-,7+,8+/m0/s1. The van der Waals surface area contributed by atoms with Crippen LogP contribution in [0.4, 0.5) is 0 Å². The zero-order chi connectivity index (χ0) is 6.27. The lowest BCUT2D eigenvalue weighted by atomic mass is 10.2. The van der Waals surface area contributed by atoms with Gasteiger partial charge in [0.1, 0.15) is 0 Å². The van der Waals surface area contributed by atoms with E-state index in [1.54, 1.807) is 0 Å². The molecule has 0 unspecified atom stereocenters. The first kappa shape index (κ1) is 5.24. The third kappa shape index (κ3) is 0.815. The molecule has 0 radical (unpaired) electrons. The van der Waals surface area contributed by atoms with E-state index in [1.165, 1.54) is 6.42 Å². The highest BCUT2D eigenvalue weighted by Gasteiger charge is 2.39. The highest BCUT2D eigenvalue weighted by atomic mass is 16.3. The van der Waals surface area contributed by atoms with Gasteiger partial charge >= 0.3 is 0 Å². The number of fused-ring (bicyclic) bond motifs is 1. The maximum absolute atomic E-state index is 9.27. The summed E-state index contributed by atoms with van der Waals surface area (Å²) in [4.78, 5) is 0. The minimum absolute atomic E-state index is 0.176. The number of allylic oxidation sites excluding steroid dienone is 3. The minimum atomic E-state index is -0.176. The molecule has 0 aromatic heterocycles. The molecule has 0 aromatic rings. The van der Waals surface area contributed by atoms with Crippen molar-refractivity contribution in [2.45, 2.75) is 12.5 Å².